The summed E-state index contributed by atoms with van der Waals surface area (Å²) in [5, 5.41) is 21.0. The third-order valence-corrected chi connectivity index (χ3v) is 6.19. The van der Waals surface area contributed by atoms with Crippen LogP contribution in [0.15, 0.2) is 36.5 Å². The van der Waals surface area contributed by atoms with Gasteiger partial charge in [0, 0.05) is 35.0 Å². The molecule has 0 bridgehead atoms. The summed E-state index contributed by atoms with van der Waals surface area (Å²) in [6, 6.07) is 9.69. The lowest BCUT2D eigenvalue weighted by Crippen LogP contribution is -2.40. The highest BCUT2D eigenvalue weighted by molar-refractivity contribution is 5.89. The van der Waals surface area contributed by atoms with Crippen molar-refractivity contribution in [2.75, 3.05) is 7.11 Å². The number of aromatic nitrogens is 1. The summed E-state index contributed by atoms with van der Waals surface area (Å²) in [6.07, 6.45) is 9.05. The molecule has 1 aromatic heterocycles. The second-order valence-corrected chi connectivity index (χ2v) is 8.10. The van der Waals surface area contributed by atoms with Crippen molar-refractivity contribution in [3.63, 3.8) is 0 Å². The van der Waals surface area contributed by atoms with Gasteiger partial charge in [0.1, 0.15) is 23.4 Å². The van der Waals surface area contributed by atoms with Crippen LogP contribution in [0.3, 0.4) is 0 Å². The minimum Gasteiger partial charge on any atom is -0.507 e. The Morgan fingerprint density at radius 1 is 1.14 bits per heavy atom. The second-order valence-electron chi connectivity index (χ2n) is 8.10. The van der Waals surface area contributed by atoms with E-state index in [1.165, 1.54) is 0 Å². The zero-order chi connectivity index (χ0) is 20.0. The Kier molecular flexibility index (Phi) is 4.47. The maximum Gasteiger partial charge on any atom is 0.127 e. The maximum atomic E-state index is 10.2. The van der Waals surface area contributed by atoms with Gasteiger partial charge < -0.3 is 24.7 Å². The molecule has 3 aromatic rings. The number of benzene rings is 2. The number of H-pyrrole nitrogens is 1. The fourth-order valence-electron chi connectivity index (χ4n) is 4.66. The number of aliphatic hydroxyl groups is 1. The van der Waals surface area contributed by atoms with Crippen LogP contribution >= 0.6 is 0 Å². The molecule has 5 nitrogen and oxygen atoms in total. The molecule has 0 amide bonds. The normalized spacial score (nSPS) is 23.6. The molecule has 3 N–H and O–H groups in total. The summed E-state index contributed by atoms with van der Waals surface area (Å²) in [7, 11) is 1.69. The molecule has 1 fully saturated rings. The molecule has 150 valence electrons. The third kappa shape index (κ3) is 3.36. The summed E-state index contributed by atoms with van der Waals surface area (Å²) < 4.78 is 12.0. The number of aromatic amines is 1. The number of fused-ring (bicyclic) bond motifs is 3. The van der Waals surface area contributed by atoms with Crippen molar-refractivity contribution in [3.8, 4) is 17.2 Å². The predicted octanol–water partition coefficient (Wildman–Crippen LogP) is 4.52. The zero-order valence-corrected chi connectivity index (χ0v) is 16.4. The van der Waals surface area contributed by atoms with Gasteiger partial charge in [-0.2, -0.15) is 0 Å². The van der Waals surface area contributed by atoms with E-state index in [0.717, 1.165) is 58.4 Å². The SMILES string of the molecule is COc1cc(/C=C/c2cc(O)c3cc[nH]c3c2)cc2c1C[C@@H]1CC[C@@H](O)C[C@H]1O2. The lowest BCUT2D eigenvalue weighted by Gasteiger charge is -2.39. The van der Waals surface area contributed by atoms with Gasteiger partial charge in [0.05, 0.1) is 13.2 Å². The molecular formula is C24H25NO4. The number of phenolic OH excluding ortho intramolecular Hbond substituents is 1. The fraction of sp³-hybridized carbons (Fsp3) is 0.333. The van der Waals surface area contributed by atoms with Gasteiger partial charge in [-0.1, -0.05) is 12.2 Å². The number of nitrogens with one attached hydrogen (secondary N) is 1. The van der Waals surface area contributed by atoms with Crippen molar-refractivity contribution in [2.45, 2.75) is 37.9 Å². The summed E-state index contributed by atoms with van der Waals surface area (Å²) in [5.74, 6) is 2.39. The van der Waals surface area contributed by atoms with Crippen LogP contribution in [0.25, 0.3) is 23.1 Å². The highest BCUT2D eigenvalue weighted by atomic mass is 16.5. The van der Waals surface area contributed by atoms with Crippen LogP contribution in [-0.4, -0.2) is 34.5 Å². The molecule has 2 heterocycles. The van der Waals surface area contributed by atoms with Gasteiger partial charge >= 0.3 is 0 Å². The van der Waals surface area contributed by atoms with Crippen molar-refractivity contribution < 1.29 is 19.7 Å². The molecule has 0 unspecified atom stereocenters. The number of aliphatic hydroxyl groups excluding tert-OH is 1. The summed E-state index contributed by atoms with van der Waals surface area (Å²) in [5.41, 5.74) is 3.90. The van der Waals surface area contributed by atoms with E-state index < -0.39 is 0 Å². The lowest BCUT2D eigenvalue weighted by atomic mass is 9.79. The van der Waals surface area contributed by atoms with Crippen LogP contribution in [0.5, 0.6) is 17.2 Å². The molecule has 0 spiro atoms. The highest BCUT2D eigenvalue weighted by Gasteiger charge is 2.36. The fourth-order valence-corrected chi connectivity index (χ4v) is 4.66. The third-order valence-electron chi connectivity index (χ3n) is 6.19. The minimum absolute atomic E-state index is 0.0717. The van der Waals surface area contributed by atoms with Gasteiger partial charge in [-0.05, 0) is 60.7 Å². The van der Waals surface area contributed by atoms with Crippen molar-refractivity contribution in [1.29, 1.82) is 0 Å². The average molecular weight is 391 g/mol. The predicted molar refractivity (Wildman–Crippen MR) is 113 cm³/mol. The number of phenols is 1. The standard InChI is InChI=1S/C24H25NO4/c1-28-23-10-15(3-2-14-8-20-18(6-7-25-20)21(27)9-14)11-24-19(23)12-16-4-5-17(26)13-22(16)29-24/h2-3,6-11,16-17,22,25-27H,4-5,12-13H2,1H3/b3-2+/t16-,17+,22+/m0/s1. The number of hydrogen-bond donors (Lipinski definition) is 3. The molecule has 5 heteroatoms. The van der Waals surface area contributed by atoms with Crippen molar-refractivity contribution in [1.82, 2.24) is 4.98 Å². The van der Waals surface area contributed by atoms with Crippen molar-refractivity contribution in [2.24, 2.45) is 5.92 Å². The molecule has 2 aromatic carbocycles. The summed E-state index contributed by atoms with van der Waals surface area (Å²) in [4.78, 5) is 3.13. The van der Waals surface area contributed by atoms with Gasteiger partial charge in [-0.3, -0.25) is 0 Å². The van der Waals surface area contributed by atoms with E-state index in [1.807, 2.05) is 42.6 Å². The Labute approximate surface area is 169 Å². The van der Waals surface area contributed by atoms with Crippen LogP contribution in [0, 0.1) is 5.92 Å². The number of hydrogen-bond acceptors (Lipinski definition) is 4. The van der Waals surface area contributed by atoms with Gasteiger partial charge in [0.2, 0.25) is 0 Å². The first kappa shape index (κ1) is 18.1. The lowest BCUT2D eigenvalue weighted by molar-refractivity contribution is 0.00536. The first-order valence-electron chi connectivity index (χ1n) is 10.1. The van der Waals surface area contributed by atoms with Crippen LogP contribution in [0.4, 0.5) is 0 Å². The second kappa shape index (κ2) is 7.16. The van der Waals surface area contributed by atoms with Crippen LogP contribution < -0.4 is 9.47 Å². The summed E-state index contributed by atoms with van der Waals surface area (Å²) in [6.45, 7) is 0. The van der Waals surface area contributed by atoms with E-state index in [1.54, 1.807) is 13.2 Å². The number of aromatic hydroxyl groups is 1. The van der Waals surface area contributed by atoms with E-state index in [0.29, 0.717) is 12.3 Å². The molecule has 5 rings (SSSR count). The number of ether oxygens (including phenoxy) is 2. The topological polar surface area (TPSA) is 74.7 Å². The molecule has 1 saturated carbocycles. The van der Waals surface area contributed by atoms with Crippen LogP contribution in [0.1, 0.15) is 36.0 Å². The first-order valence-corrected chi connectivity index (χ1v) is 10.1. The Bertz CT molecular complexity index is 1080. The molecular weight excluding hydrogens is 366 g/mol. The average Bonchev–Trinajstić information content (AvgIpc) is 3.19. The Morgan fingerprint density at radius 2 is 1.97 bits per heavy atom. The zero-order valence-electron chi connectivity index (χ0n) is 16.4. The van der Waals surface area contributed by atoms with E-state index in [4.69, 9.17) is 9.47 Å². The quantitative estimate of drug-likeness (QED) is 0.574. The number of methoxy groups -OCH3 is 1. The van der Waals surface area contributed by atoms with E-state index in [9.17, 15) is 10.2 Å². The van der Waals surface area contributed by atoms with Crippen LogP contribution in [-0.2, 0) is 6.42 Å². The van der Waals surface area contributed by atoms with Crippen molar-refractivity contribution in [3.05, 3.63) is 53.2 Å². The van der Waals surface area contributed by atoms with Crippen molar-refractivity contribution >= 4 is 23.1 Å². The molecule has 29 heavy (non-hydrogen) atoms. The molecule has 0 radical (unpaired) electrons. The van der Waals surface area contributed by atoms with Gasteiger partial charge in [0.25, 0.3) is 0 Å². The molecule has 1 aliphatic carbocycles. The smallest absolute Gasteiger partial charge is 0.127 e. The minimum atomic E-state index is -0.265. The Morgan fingerprint density at radius 3 is 2.79 bits per heavy atom. The highest BCUT2D eigenvalue weighted by Crippen LogP contribution is 2.43. The first-order chi connectivity index (χ1) is 14.1. The van der Waals surface area contributed by atoms with Gasteiger partial charge in [-0.15, -0.1) is 0 Å². The van der Waals surface area contributed by atoms with Gasteiger partial charge in [-0.25, -0.2) is 0 Å². The summed E-state index contributed by atoms with van der Waals surface area (Å²) >= 11 is 0. The molecule has 0 saturated heterocycles. The van der Waals surface area contributed by atoms with E-state index >= 15 is 0 Å². The maximum absolute atomic E-state index is 10.2. The van der Waals surface area contributed by atoms with E-state index in [2.05, 4.69) is 4.98 Å². The Balaban J connectivity index is 1.46. The Hall–Kier alpha value is -2.92. The van der Waals surface area contributed by atoms with E-state index in [-0.39, 0.29) is 18.0 Å². The largest absolute Gasteiger partial charge is 0.507 e. The van der Waals surface area contributed by atoms with Crippen LogP contribution in [0.2, 0.25) is 0 Å². The van der Waals surface area contributed by atoms with Gasteiger partial charge in [0.15, 0.2) is 0 Å². The monoisotopic (exact) mass is 391 g/mol. The molecule has 3 atom stereocenters. The molecule has 2 aliphatic rings. The molecule has 1 aliphatic heterocycles. The number of rotatable bonds is 3.